The highest BCUT2D eigenvalue weighted by molar-refractivity contribution is 6.38. The Kier molecular flexibility index (Phi) is 4.22. The number of fused-ring (bicyclic) bond motifs is 3. The number of imide groups is 1. The van der Waals surface area contributed by atoms with E-state index in [2.05, 4.69) is 19.8 Å². The average Bonchev–Trinajstić information content (AvgIpc) is 3.22. The van der Waals surface area contributed by atoms with Crippen molar-refractivity contribution in [2.24, 2.45) is 7.05 Å². The lowest BCUT2D eigenvalue weighted by Gasteiger charge is -2.16. The Hall–Kier alpha value is -4.28. The Morgan fingerprint density at radius 3 is 2.50 bits per heavy atom. The Morgan fingerprint density at radius 1 is 1.03 bits per heavy atom. The van der Waals surface area contributed by atoms with Crippen molar-refractivity contribution >= 4 is 28.5 Å². The van der Waals surface area contributed by atoms with Crippen LogP contribution in [0.1, 0.15) is 20.7 Å². The van der Waals surface area contributed by atoms with Crippen molar-refractivity contribution < 1.29 is 27.5 Å². The van der Waals surface area contributed by atoms with Crippen LogP contribution in [0.4, 0.5) is 18.9 Å². The number of benzene rings is 1. The van der Waals surface area contributed by atoms with Crippen LogP contribution in [-0.2, 0) is 7.05 Å². The molecule has 5 rings (SSSR count). The van der Waals surface area contributed by atoms with Gasteiger partial charge in [0.05, 0.1) is 22.2 Å². The number of hydrogen-bond acceptors (Lipinski definition) is 6. The first kappa shape index (κ1) is 19.7. The summed E-state index contributed by atoms with van der Waals surface area (Å²) in [6.45, 7) is 0. The second kappa shape index (κ2) is 6.87. The first-order valence-electron chi connectivity index (χ1n) is 9.25. The van der Waals surface area contributed by atoms with E-state index in [0.717, 1.165) is 17.0 Å². The van der Waals surface area contributed by atoms with E-state index in [4.69, 9.17) is 0 Å². The summed E-state index contributed by atoms with van der Waals surface area (Å²) in [7, 11) is 1.66. The molecule has 0 radical (unpaired) electrons. The molecule has 0 unspecified atom stereocenters. The van der Waals surface area contributed by atoms with Gasteiger partial charge in [0.2, 0.25) is 0 Å². The number of carbonyl (C=O) groups excluding carboxylic acids is 2. The summed E-state index contributed by atoms with van der Waals surface area (Å²) in [6, 6.07) is 8.09. The maximum atomic E-state index is 13.4. The van der Waals surface area contributed by atoms with Gasteiger partial charge in [0.15, 0.2) is 5.65 Å². The molecule has 4 heterocycles. The lowest BCUT2D eigenvalue weighted by molar-refractivity contribution is -0.274. The number of aryl methyl sites for hydroxylation is 1. The highest BCUT2D eigenvalue weighted by Gasteiger charge is 2.40. The monoisotopic (exact) mass is 439 g/mol. The summed E-state index contributed by atoms with van der Waals surface area (Å²) in [5, 5.41) is 4.82. The normalized spacial score (nSPS) is 13.7. The van der Waals surface area contributed by atoms with Gasteiger partial charge in [-0.2, -0.15) is 5.10 Å². The Labute approximate surface area is 177 Å². The second-order valence-electron chi connectivity index (χ2n) is 6.94. The van der Waals surface area contributed by atoms with Gasteiger partial charge < -0.3 is 4.74 Å². The van der Waals surface area contributed by atoms with E-state index in [-0.39, 0.29) is 16.8 Å². The van der Waals surface area contributed by atoms with E-state index in [0.29, 0.717) is 22.3 Å². The number of hydrogen-bond donors (Lipinski definition) is 0. The first-order chi connectivity index (χ1) is 15.2. The van der Waals surface area contributed by atoms with Crippen molar-refractivity contribution in [3.8, 4) is 17.0 Å². The summed E-state index contributed by atoms with van der Waals surface area (Å²) in [5.41, 5.74) is 1.55. The van der Waals surface area contributed by atoms with Gasteiger partial charge in [-0.05, 0) is 24.3 Å². The fourth-order valence-electron chi connectivity index (χ4n) is 3.69. The van der Waals surface area contributed by atoms with Gasteiger partial charge in [0, 0.05) is 37.3 Å². The highest BCUT2D eigenvalue weighted by Crippen LogP contribution is 2.38. The summed E-state index contributed by atoms with van der Waals surface area (Å²) in [6.07, 6.45) is -0.506. The third kappa shape index (κ3) is 3.06. The number of rotatable bonds is 3. The first-order valence-corrected chi connectivity index (χ1v) is 9.25. The van der Waals surface area contributed by atoms with E-state index in [1.165, 1.54) is 23.0 Å². The molecule has 3 aromatic heterocycles. The van der Waals surface area contributed by atoms with Crippen molar-refractivity contribution in [2.45, 2.75) is 6.36 Å². The Bertz CT molecular complexity index is 1400. The molecule has 0 bridgehead atoms. The summed E-state index contributed by atoms with van der Waals surface area (Å²) >= 11 is 0. The predicted octanol–water partition coefficient (Wildman–Crippen LogP) is 3.73. The van der Waals surface area contributed by atoms with Crippen LogP contribution < -0.4 is 9.64 Å². The molecule has 0 saturated heterocycles. The van der Waals surface area contributed by atoms with E-state index in [1.807, 2.05) is 0 Å². The molecule has 8 nitrogen and oxygen atoms in total. The van der Waals surface area contributed by atoms with Crippen molar-refractivity contribution in [3.05, 3.63) is 66.1 Å². The van der Waals surface area contributed by atoms with Crippen LogP contribution in [-0.4, -0.2) is 37.9 Å². The van der Waals surface area contributed by atoms with Crippen LogP contribution in [0.15, 0.2) is 55.0 Å². The third-order valence-electron chi connectivity index (χ3n) is 4.97. The van der Waals surface area contributed by atoms with Crippen LogP contribution in [0.3, 0.4) is 0 Å². The standard InChI is InChI=1S/C21H12F3N5O3/c1-28-18-16(17(27-28)11-5-7-25-8-6-11)15-14(10-26-18)19(30)29(20(15)31)12-3-2-4-13(9-12)32-21(22,23)24/h2-10H,1H3. The SMILES string of the molecule is Cn1nc(-c2ccncc2)c2c3c(cnc21)C(=O)N(c1cccc(OC(F)(F)F)c1)C3=O. The van der Waals surface area contributed by atoms with E-state index in [1.54, 1.807) is 31.6 Å². The fraction of sp³-hybridized carbons (Fsp3) is 0.0952. The Morgan fingerprint density at radius 2 is 1.78 bits per heavy atom. The summed E-state index contributed by atoms with van der Waals surface area (Å²) in [4.78, 5) is 35.5. The number of halogens is 3. The second-order valence-corrected chi connectivity index (χ2v) is 6.94. The lowest BCUT2D eigenvalue weighted by atomic mass is 10.0. The zero-order valence-electron chi connectivity index (χ0n) is 16.3. The number of ether oxygens (including phenoxy) is 1. The van der Waals surface area contributed by atoms with Gasteiger partial charge in [0.1, 0.15) is 11.4 Å². The molecule has 0 atom stereocenters. The van der Waals surface area contributed by atoms with Crippen molar-refractivity contribution in [1.29, 1.82) is 0 Å². The highest BCUT2D eigenvalue weighted by atomic mass is 19.4. The summed E-state index contributed by atoms with van der Waals surface area (Å²) in [5.74, 6) is -1.94. The number of anilines is 1. The minimum Gasteiger partial charge on any atom is -0.406 e. The van der Waals surface area contributed by atoms with Crippen LogP contribution in [0, 0.1) is 0 Å². The number of carbonyl (C=O) groups is 2. The van der Waals surface area contributed by atoms with E-state index >= 15 is 0 Å². The molecule has 0 fully saturated rings. The Balaban J connectivity index is 1.66. The smallest absolute Gasteiger partial charge is 0.406 e. The lowest BCUT2D eigenvalue weighted by Crippen LogP contribution is -2.29. The molecular weight excluding hydrogens is 427 g/mol. The topological polar surface area (TPSA) is 90.2 Å². The molecule has 2 amide bonds. The van der Waals surface area contributed by atoms with Crippen molar-refractivity contribution in [2.75, 3.05) is 4.90 Å². The molecule has 11 heteroatoms. The number of pyridine rings is 2. The van der Waals surface area contributed by atoms with Crippen molar-refractivity contribution in [3.63, 3.8) is 0 Å². The molecule has 0 spiro atoms. The molecule has 1 aromatic carbocycles. The zero-order chi connectivity index (χ0) is 22.6. The molecule has 0 saturated carbocycles. The van der Waals surface area contributed by atoms with Gasteiger partial charge in [-0.3, -0.25) is 14.6 Å². The van der Waals surface area contributed by atoms with E-state index < -0.39 is 23.9 Å². The molecule has 0 N–H and O–H groups in total. The quantitative estimate of drug-likeness (QED) is 0.452. The average molecular weight is 439 g/mol. The van der Waals surface area contributed by atoms with Gasteiger partial charge in [-0.15, -0.1) is 13.2 Å². The third-order valence-corrected chi connectivity index (χ3v) is 4.97. The number of aromatic nitrogens is 4. The minimum absolute atomic E-state index is 0.0351. The molecule has 4 aromatic rings. The molecule has 160 valence electrons. The van der Waals surface area contributed by atoms with Gasteiger partial charge in [-0.25, -0.2) is 14.6 Å². The van der Waals surface area contributed by atoms with Gasteiger partial charge in [0.25, 0.3) is 11.8 Å². The van der Waals surface area contributed by atoms with Gasteiger partial charge in [-0.1, -0.05) is 6.07 Å². The molecule has 1 aliphatic rings. The van der Waals surface area contributed by atoms with Crippen molar-refractivity contribution in [1.82, 2.24) is 19.7 Å². The van der Waals surface area contributed by atoms with Crippen LogP contribution in [0.5, 0.6) is 5.75 Å². The van der Waals surface area contributed by atoms with Crippen LogP contribution in [0.2, 0.25) is 0 Å². The number of alkyl halides is 3. The predicted molar refractivity (Wildman–Crippen MR) is 106 cm³/mol. The van der Waals surface area contributed by atoms with E-state index in [9.17, 15) is 22.8 Å². The fourth-order valence-corrected chi connectivity index (χ4v) is 3.69. The molecular formula is C21H12F3N5O3. The number of amides is 2. The molecule has 0 aliphatic carbocycles. The summed E-state index contributed by atoms with van der Waals surface area (Å²) < 4.78 is 43.2. The van der Waals surface area contributed by atoms with Gasteiger partial charge >= 0.3 is 6.36 Å². The van der Waals surface area contributed by atoms with Crippen LogP contribution >= 0.6 is 0 Å². The molecule has 32 heavy (non-hydrogen) atoms. The molecule has 1 aliphatic heterocycles. The number of nitrogens with zero attached hydrogens (tertiary/aromatic N) is 5. The largest absolute Gasteiger partial charge is 0.573 e. The maximum Gasteiger partial charge on any atom is 0.573 e. The maximum absolute atomic E-state index is 13.4. The zero-order valence-corrected chi connectivity index (χ0v) is 16.3. The minimum atomic E-state index is -4.91. The van der Waals surface area contributed by atoms with Crippen LogP contribution in [0.25, 0.3) is 22.3 Å².